The maximum atomic E-state index is 5.59. The molecule has 0 radical (unpaired) electrons. The Morgan fingerprint density at radius 2 is 2.22 bits per heavy atom. The van der Waals surface area contributed by atoms with E-state index in [0.717, 1.165) is 18.4 Å². The molecule has 1 heteroatoms. The van der Waals surface area contributed by atoms with Gasteiger partial charge >= 0.3 is 0 Å². The Morgan fingerprint density at radius 3 is 2.33 bits per heavy atom. The third-order valence-corrected chi connectivity index (χ3v) is 2.64. The highest BCUT2D eigenvalue weighted by atomic mass is 14.6. The zero-order valence-electron chi connectivity index (χ0n) is 6.27. The molecule has 1 nitrogen and oxygen atoms in total. The second-order valence-electron chi connectivity index (χ2n) is 3.10. The van der Waals surface area contributed by atoms with Gasteiger partial charge in [0.2, 0.25) is 0 Å². The van der Waals surface area contributed by atoms with Crippen molar-refractivity contribution in [1.82, 2.24) is 0 Å². The average molecular weight is 127 g/mol. The van der Waals surface area contributed by atoms with Crippen molar-refractivity contribution in [1.29, 1.82) is 0 Å². The summed E-state index contributed by atoms with van der Waals surface area (Å²) < 4.78 is 0. The summed E-state index contributed by atoms with van der Waals surface area (Å²) in [7, 11) is 0. The highest BCUT2D eigenvalue weighted by Gasteiger charge is 2.24. The van der Waals surface area contributed by atoms with E-state index in [1.54, 1.807) is 0 Å². The topological polar surface area (TPSA) is 26.0 Å². The number of hydrogen-bond acceptors (Lipinski definition) is 1. The summed E-state index contributed by atoms with van der Waals surface area (Å²) in [5.41, 5.74) is 5.59. The zero-order valence-corrected chi connectivity index (χ0v) is 6.27. The Labute approximate surface area is 57.6 Å². The highest BCUT2D eigenvalue weighted by molar-refractivity contribution is 4.76. The van der Waals surface area contributed by atoms with Crippen molar-refractivity contribution < 1.29 is 0 Å². The Bertz CT molecular complexity index is 72.6. The lowest BCUT2D eigenvalue weighted by Crippen LogP contribution is -2.27. The summed E-state index contributed by atoms with van der Waals surface area (Å²) >= 11 is 0. The van der Waals surface area contributed by atoms with E-state index in [4.69, 9.17) is 5.73 Å². The number of rotatable bonds is 3. The maximum absolute atomic E-state index is 5.59. The minimum Gasteiger partial charge on any atom is -0.330 e. The van der Waals surface area contributed by atoms with Gasteiger partial charge in [0.05, 0.1) is 0 Å². The molecule has 1 fully saturated rings. The van der Waals surface area contributed by atoms with Gasteiger partial charge in [0.1, 0.15) is 0 Å². The molecule has 0 aromatic carbocycles. The third kappa shape index (κ3) is 1.45. The second-order valence-corrected chi connectivity index (χ2v) is 3.10. The first kappa shape index (κ1) is 7.07. The van der Waals surface area contributed by atoms with Gasteiger partial charge in [-0.25, -0.2) is 0 Å². The molecular weight excluding hydrogens is 110 g/mol. The molecule has 1 aliphatic carbocycles. The molecule has 54 valence electrons. The molecule has 0 spiro atoms. The third-order valence-electron chi connectivity index (χ3n) is 2.64. The van der Waals surface area contributed by atoms with Gasteiger partial charge in [0.15, 0.2) is 0 Å². The molecular formula is C8H17N. The second kappa shape index (κ2) is 3.21. The summed E-state index contributed by atoms with van der Waals surface area (Å²) in [6.07, 6.45) is 5.60. The minimum atomic E-state index is 0.832. The zero-order chi connectivity index (χ0) is 6.69. The number of hydrogen-bond donors (Lipinski definition) is 1. The largest absolute Gasteiger partial charge is 0.330 e. The van der Waals surface area contributed by atoms with Crippen molar-refractivity contribution >= 4 is 0 Å². The van der Waals surface area contributed by atoms with Gasteiger partial charge in [-0.05, 0) is 18.4 Å². The molecule has 0 aromatic heterocycles. The predicted octanol–water partition coefficient (Wildman–Crippen LogP) is 1.77. The maximum Gasteiger partial charge on any atom is -0.00463 e. The lowest BCUT2D eigenvalue weighted by Gasteiger charge is -2.32. The van der Waals surface area contributed by atoms with Crippen molar-refractivity contribution in [2.45, 2.75) is 32.6 Å². The van der Waals surface area contributed by atoms with Crippen LogP contribution in [0.25, 0.3) is 0 Å². The predicted molar refractivity (Wildman–Crippen MR) is 40.2 cm³/mol. The highest BCUT2D eigenvalue weighted by Crippen LogP contribution is 2.34. The van der Waals surface area contributed by atoms with Crippen LogP contribution < -0.4 is 5.73 Å². The van der Waals surface area contributed by atoms with Crippen molar-refractivity contribution in [3.05, 3.63) is 0 Å². The Hall–Kier alpha value is -0.0400. The Morgan fingerprint density at radius 1 is 1.56 bits per heavy atom. The first-order valence-electron chi connectivity index (χ1n) is 4.08. The summed E-state index contributed by atoms with van der Waals surface area (Å²) in [6, 6.07) is 0. The first-order chi connectivity index (χ1) is 4.38. The van der Waals surface area contributed by atoms with E-state index >= 15 is 0 Å². The fraction of sp³-hybridized carbons (Fsp3) is 1.00. The molecule has 1 saturated carbocycles. The number of nitrogens with two attached hydrogens (primary N) is 1. The van der Waals surface area contributed by atoms with E-state index < -0.39 is 0 Å². The van der Waals surface area contributed by atoms with E-state index in [1.165, 1.54) is 25.7 Å². The SMILES string of the molecule is CCC(CN)C1CCC1. The molecule has 9 heavy (non-hydrogen) atoms. The van der Waals surface area contributed by atoms with Gasteiger partial charge in [0.25, 0.3) is 0 Å². The van der Waals surface area contributed by atoms with Gasteiger partial charge in [-0.2, -0.15) is 0 Å². The van der Waals surface area contributed by atoms with E-state index in [-0.39, 0.29) is 0 Å². The van der Waals surface area contributed by atoms with Crippen molar-refractivity contribution in [3.63, 3.8) is 0 Å². The van der Waals surface area contributed by atoms with Gasteiger partial charge in [0, 0.05) is 0 Å². The quantitative estimate of drug-likeness (QED) is 0.614. The van der Waals surface area contributed by atoms with Crippen LogP contribution in [0.15, 0.2) is 0 Å². The van der Waals surface area contributed by atoms with Crippen molar-refractivity contribution in [2.75, 3.05) is 6.54 Å². The van der Waals surface area contributed by atoms with Crippen LogP contribution in [0, 0.1) is 11.8 Å². The van der Waals surface area contributed by atoms with Crippen molar-refractivity contribution in [2.24, 2.45) is 17.6 Å². The molecule has 0 heterocycles. The standard InChI is InChI=1S/C8H17N/c1-2-7(6-9)8-4-3-5-8/h7-8H,2-6,9H2,1H3. The Balaban J connectivity index is 2.19. The fourth-order valence-electron chi connectivity index (χ4n) is 1.60. The van der Waals surface area contributed by atoms with Crippen LogP contribution in [0.3, 0.4) is 0 Å². The van der Waals surface area contributed by atoms with E-state index in [1.807, 2.05) is 0 Å². The van der Waals surface area contributed by atoms with Gasteiger partial charge < -0.3 is 5.73 Å². The average Bonchev–Trinajstić information content (AvgIpc) is 1.78. The molecule has 0 amide bonds. The van der Waals surface area contributed by atoms with E-state index in [0.29, 0.717) is 0 Å². The molecule has 0 aromatic rings. The molecule has 0 aliphatic heterocycles. The first-order valence-corrected chi connectivity index (χ1v) is 4.08. The van der Waals surface area contributed by atoms with Crippen LogP contribution in [0.2, 0.25) is 0 Å². The van der Waals surface area contributed by atoms with Crippen LogP contribution in [0.5, 0.6) is 0 Å². The summed E-state index contributed by atoms with van der Waals surface area (Å²) in [5.74, 6) is 1.82. The lowest BCUT2D eigenvalue weighted by atomic mass is 9.75. The van der Waals surface area contributed by atoms with Crippen LogP contribution in [-0.2, 0) is 0 Å². The van der Waals surface area contributed by atoms with Gasteiger partial charge in [-0.1, -0.05) is 32.6 Å². The van der Waals surface area contributed by atoms with E-state index in [2.05, 4.69) is 6.92 Å². The van der Waals surface area contributed by atoms with Crippen LogP contribution in [0.4, 0.5) is 0 Å². The minimum absolute atomic E-state index is 0.832. The smallest absolute Gasteiger partial charge is 0.00463 e. The molecule has 1 atom stereocenters. The normalized spacial score (nSPS) is 23.3. The van der Waals surface area contributed by atoms with Crippen LogP contribution >= 0.6 is 0 Å². The van der Waals surface area contributed by atoms with Crippen molar-refractivity contribution in [3.8, 4) is 0 Å². The molecule has 2 N–H and O–H groups in total. The molecule has 1 aliphatic rings. The van der Waals surface area contributed by atoms with Gasteiger partial charge in [-0.15, -0.1) is 0 Å². The summed E-state index contributed by atoms with van der Waals surface area (Å²) in [6.45, 7) is 3.15. The van der Waals surface area contributed by atoms with Crippen LogP contribution in [-0.4, -0.2) is 6.54 Å². The summed E-state index contributed by atoms with van der Waals surface area (Å²) in [4.78, 5) is 0. The molecule has 0 saturated heterocycles. The van der Waals surface area contributed by atoms with E-state index in [9.17, 15) is 0 Å². The lowest BCUT2D eigenvalue weighted by molar-refractivity contribution is 0.206. The Kier molecular flexibility index (Phi) is 2.52. The van der Waals surface area contributed by atoms with Crippen LogP contribution in [0.1, 0.15) is 32.6 Å². The molecule has 1 rings (SSSR count). The monoisotopic (exact) mass is 127 g/mol. The molecule has 1 unspecified atom stereocenters. The fourth-order valence-corrected chi connectivity index (χ4v) is 1.60. The van der Waals surface area contributed by atoms with Gasteiger partial charge in [-0.3, -0.25) is 0 Å². The summed E-state index contributed by atoms with van der Waals surface area (Å²) in [5, 5.41) is 0. The molecule has 0 bridgehead atoms.